The number of hydrogen-bond acceptors (Lipinski definition) is 2. The van der Waals surface area contributed by atoms with Crippen LogP contribution in [-0.4, -0.2) is 24.9 Å². The zero-order valence-corrected chi connectivity index (χ0v) is 14.5. The van der Waals surface area contributed by atoms with Crippen molar-refractivity contribution >= 4 is 33.4 Å². The summed E-state index contributed by atoms with van der Waals surface area (Å²) in [6.45, 7) is 2.36. The van der Waals surface area contributed by atoms with Crippen LogP contribution in [0.5, 0.6) is 0 Å². The van der Waals surface area contributed by atoms with Crippen LogP contribution >= 0.6 is 15.9 Å². The Balaban J connectivity index is 1.89. The normalized spacial score (nSPS) is 10.2. The van der Waals surface area contributed by atoms with Crippen LogP contribution < -0.4 is 10.2 Å². The Bertz CT molecular complexity index is 674. The molecule has 0 aliphatic carbocycles. The lowest BCUT2D eigenvalue weighted by Gasteiger charge is -2.22. The lowest BCUT2D eigenvalue weighted by atomic mass is 10.1. The van der Waals surface area contributed by atoms with E-state index in [9.17, 15) is 9.59 Å². The average Bonchev–Trinajstić information content (AvgIpc) is 2.53. The van der Waals surface area contributed by atoms with Crippen molar-refractivity contribution in [1.29, 1.82) is 0 Å². The van der Waals surface area contributed by atoms with E-state index in [1.54, 1.807) is 4.90 Å². The molecule has 0 saturated heterocycles. The van der Waals surface area contributed by atoms with E-state index in [-0.39, 0.29) is 11.8 Å². The van der Waals surface area contributed by atoms with Crippen molar-refractivity contribution in [1.82, 2.24) is 5.32 Å². The second-order valence-electron chi connectivity index (χ2n) is 5.13. The molecule has 0 aromatic heterocycles. The molecule has 120 valence electrons. The number of halogens is 1. The highest BCUT2D eigenvalue weighted by molar-refractivity contribution is 9.10. The topological polar surface area (TPSA) is 49.4 Å². The largest absolute Gasteiger partial charge is 0.354 e. The molecular formula is C18H19BrN2O2. The minimum atomic E-state index is -0.0609. The van der Waals surface area contributed by atoms with Crippen LogP contribution in [0.1, 0.15) is 12.5 Å². The fourth-order valence-corrected chi connectivity index (χ4v) is 2.77. The van der Waals surface area contributed by atoms with Gasteiger partial charge in [0, 0.05) is 24.5 Å². The van der Waals surface area contributed by atoms with Gasteiger partial charge in [-0.3, -0.25) is 9.59 Å². The molecular weight excluding hydrogens is 356 g/mol. The minimum absolute atomic E-state index is 0.0492. The number of nitrogens with one attached hydrogen (secondary N) is 1. The third-order valence-electron chi connectivity index (χ3n) is 3.39. The highest BCUT2D eigenvalue weighted by atomic mass is 79.9. The summed E-state index contributed by atoms with van der Waals surface area (Å²) in [7, 11) is 0. The summed E-state index contributed by atoms with van der Waals surface area (Å²) in [5.74, 6) is -0.110. The maximum atomic E-state index is 11.9. The molecule has 2 aromatic rings. The van der Waals surface area contributed by atoms with E-state index < -0.39 is 0 Å². The number of amides is 2. The Hall–Kier alpha value is -2.14. The zero-order chi connectivity index (χ0) is 16.7. The monoisotopic (exact) mass is 374 g/mol. The average molecular weight is 375 g/mol. The second-order valence-corrected chi connectivity index (χ2v) is 5.99. The van der Waals surface area contributed by atoms with Gasteiger partial charge in [-0.25, -0.2) is 0 Å². The van der Waals surface area contributed by atoms with Crippen molar-refractivity contribution in [2.24, 2.45) is 0 Å². The predicted molar refractivity (Wildman–Crippen MR) is 95.3 cm³/mol. The second kappa shape index (κ2) is 8.48. The van der Waals surface area contributed by atoms with Gasteiger partial charge in [0.2, 0.25) is 11.8 Å². The highest BCUT2D eigenvalue weighted by Gasteiger charge is 2.14. The molecule has 5 heteroatoms. The van der Waals surface area contributed by atoms with E-state index in [0.29, 0.717) is 19.5 Å². The maximum absolute atomic E-state index is 11.9. The number of nitrogens with zero attached hydrogens (tertiary/aromatic N) is 1. The quantitative estimate of drug-likeness (QED) is 0.843. The first-order chi connectivity index (χ1) is 11.1. The molecule has 4 nitrogen and oxygen atoms in total. The molecule has 0 aliphatic heterocycles. The molecule has 23 heavy (non-hydrogen) atoms. The summed E-state index contributed by atoms with van der Waals surface area (Å²) in [5.41, 5.74) is 1.77. The molecule has 2 aromatic carbocycles. The summed E-state index contributed by atoms with van der Waals surface area (Å²) in [6, 6.07) is 17.1. The van der Waals surface area contributed by atoms with Gasteiger partial charge in [-0.1, -0.05) is 42.5 Å². The van der Waals surface area contributed by atoms with Crippen LogP contribution in [0, 0.1) is 0 Å². The molecule has 0 atom stereocenters. The van der Waals surface area contributed by atoms with Gasteiger partial charge in [0.05, 0.1) is 12.1 Å². The first-order valence-corrected chi connectivity index (χ1v) is 8.20. The molecule has 0 radical (unpaired) electrons. The van der Waals surface area contributed by atoms with Crippen molar-refractivity contribution in [3.8, 4) is 0 Å². The molecule has 0 saturated carbocycles. The number of benzene rings is 2. The molecule has 2 rings (SSSR count). The number of rotatable bonds is 6. The van der Waals surface area contributed by atoms with Gasteiger partial charge < -0.3 is 10.2 Å². The van der Waals surface area contributed by atoms with E-state index in [1.165, 1.54) is 6.92 Å². The molecule has 0 bridgehead atoms. The molecule has 0 fully saturated rings. The van der Waals surface area contributed by atoms with Gasteiger partial charge >= 0.3 is 0 Å². The van der Waals surface area contributed by atoms with Crippen molar-refractivity contribution < 1.29 is 9.59 Å². The summed E-state index contributed by atoms with van der Waals surface area (Å²) >= 11 is 3.45. The van der Waals surface area contributed by atoms with Gasteiger partial charge in [-0.15, -0.1) is 0 Å². The Morgan fingerprint density at radius 2 is 1.70 bits per heavy atom. The molecule has 0 heterocycles. The van der Waals surface area contributed by atoms with Crippen LogP contribution in [0.25, 0.3) is 0 Å². The Kier molecular flexibility index (Phi) is 6.35. The van der Waals surface area contributed by atoms with E-state index >= 15 is 0 Å². The van der Waals surface area contributed by atoms with Crippen LogP contribution in [0.3, 0.4) is 0 Å². The molecule has 2 amide bonds. The zero-order valence-electron chi connectivity index (χ0n) is 13.0. The Morgan fingerprint density at radius 3 is 2.35 bits per heavy atom. The standard InChI is InChI=1S/C18H19BrN2O2/c1-14(22)21(17-10-6-5-9-16(17)19)12-11-20-18(23)13-15-7-3-2-4-8-15/h2-10H,11-13H2,1H3,(H,20,23). The fourth-order valence-electron chi connectivity index (χ4n) is 2.27. The Labute approximate surface area is 144 Å². The van der Waals surface area contributed by atoms with Gasteiger partial charge in [0.15, 0.2) is 0 Å². The van der Waals surface area contributed by atoms with E-state index in [1.807, 2.05) is 54.6 Å². The maximum Gasteiger partial charge on any atom is 0.224 e. The van der Waals surface area contributed by atoms with Crippen LogP contribution in [0.2, 0.25) is 0 Å². The fraction of sp³-hybridized carbons (Fsp3) is 0.222. The van der Waals surface area contributed by atoms with Crippen LogP contribution in [0.15, 0.2) is 59.1 Å². The number of para-hydroxylation sites is 1. The van der Waals surface area contributed by atoms with E-state index in [4.69, 9.17) is 0 Å². The first kappa shape index (κ1) is 17.2. The van der Waals surface area contributed by atoms with Crippen molar-refractivity contribution in [3.05, 3.63) is 64.6 Å². The third kappa shape index (κ3) is 5.21. The molecule has 0 unspecified atom stereocenters. The number of carbonyl (C=O) groups is 2. The summed E-state index contributed by atoms with van der Waals surface area (Å²) in [4.78, 5) is 25.4. The third-order valence-corrected chi connectivity index (χ3v) is 4.06. The first-order valence-electron chi connectivity index (χ1n) is 7.41. The van der Waals surface area contributed by atoms with Crippen molar-refractivity contribution in [2.45, 2.75) is 13.3 Å². The smallest absolute Gasteiger partial charge is 0.224 e. The molecule has 0 aliphatic rings. The van der Waals surface area contributed by atoms with Crippen LogP contribution in [0.4, 0.5) is 5.69 Å². The highest BCUT2D eigenvalue weighted by Crippen LogP contribution is 2.25. The number of carbonyl (C=O) groups excluding carboxylic acids is 2. The van der Waals surface area contributed by atoms with Gasteiger partial charge in [0.25, 0.3) is 0 Å². The van der Waals surface area contributed by atoms with Crippen LogP contribution in [-0.2, 0) is 16.0 Å². The number of hydrogen-bond donors (Lipinski definition) is 1. The van der Waals surface area contributed by atoms with Crippen molar-refractivity contribution in [2.75, 3.05) is 18.0 Å². The predicted octanol–water partition coefficient (Wildman–Crippen LogP) is 3.16. The van der Waals surface area contributed by atoms with Crippen molar-refractivity contribution in [3.63, 3.8) is 0 Å². The Morgan fingerprint density at radius 1 is 1.04 bits per heavy atom. The molecule has 0 spiro atoms. The van der Waals surface area contributed by atoms with Gasteiger partial charge in [0.1, 0.15) is 0 Å². The minimum Gasteiger partial charge on any atom is -0.354 e. The molecule has 1 N–H and O–H groups in total. The lowest BCUT2D eigenvalue weighted by molar-refractivity contribution is -0.121. The number of anilines is 1. The van der Waals surface area contributed by atoms with Gasteiger partial charge in [-0.05, 0) is 33.6 Å². The van der Waals surface area contributed by atoms with E-state index in [0.717, 1.165) is 15.7 Å². The SMILES string of the molecule is CC(=O)N(CCNC(=O)Cc1ccccc1)c1ccccc1Br. The summed E-state index contributed by atoms with van der Waals surface area (Å²) in [6.07, 6.45) is 0.343. The summed E-state index contributed by atoms with van der Waals surface area (Å²) < 4.78 is 0.853. The summed E-state index contributed by atoms with van der Waals surface area (Å²) in [5, 5.41) is 2.86. The van der Waals surface area contributed by atoms with E-state index in [2.05, 4.69) is 21.2 Å². The van der Waals surface area contributed by atoms with Gasteiger partial charge in [-0.2, -0.15) is 0 Å². The lowest BCUT2D eigenvalue weighted by Crippen LogP contribution is -2.38.